The van der Waals surface area contributed by atoms with E-state index >= 15 is 0 Å². The lowest BCUT2D eigenvalue weighted by molar-refractivity contribution is -0.129. The molecule has 2 aromatic rings. The normalized spacial score (nSPS) is 10.6. The van der Waals surface area contributed by atoms with Crippen LogP contribution in [-0.4, -0.2) is 23.4 Å². The lowest BCUT2D eigenvalue weighted by Gasteiger charge is -2.07. The van der Waals surface area contributed by atoms with Gasteiger partial charge in [-0.2, -0.15) is 5.10 Å². The van der Waals surface area contributed by atoms with Crippen molar-refractivity contribution in [3.05, 3.63) is 67.3 Å². The molecular formula is C19H17N3O4. The molecule has 26 heavy (non-hydrogen) atoms. The summed E-state index contributed by atoms with van der Waals surface area (Å²) in [6.07, 6.45) is 1.06. The van der Waals surface area contributed by atoms with Gasteiger partial charge in [0, 0.05) is 18.7 Å². The highest BCUT2D eigenvalue weighted by Crippen LogP contribution is 2.16. The van der Waals surface area contributed by atoms with Gasteiger partial charge in [0.15, 0.2) is 11.5 Å². The highest BCUT2D eigenvalue weighted by atomic mass is 16.5. The van der Waals surface area contributed by atoms with E-state index in [2.05, 4.69) is 22.4 Å². The fourth-order valence-electron chi connectivity index (χ4n) is 1.88. The van der Waals surface area contributed by atoms with E-state index in [0.29, 0.717) is 17.1 Å². The molecule has 0 aliphatic heterocycles. The Morgan fingerprint density at radius 2 is 1.65 bits per heavy atom. The number of hydrogen-bond acceptors (Lipinski definition) is 6. The van der Waals surface area contributed by atoms with Gasteiger partial charge in [0.05, 0.1) is 5.69 Å². The molecule has 0 aromatic heterocycles. The summed E-state index contributed by atoms with van der Waals surface area (Å²) in [7, 11) is 0. The Morgan fingerprint density at radius 3 is 2.23 bits per heavy atom. The number of hydrazone groups is 1. The Hall–Kier alpha value is -3.74. The van der Waals surface area contributed by atoms with Crippen molar-refractivity contribution < 1.29 is 19.1 Å². The summed E-state index contributed by atoms with van der Waals surface area (Å²) in [5.74, 6) is -1.34. The molecule has 0 saturated heterocycles. The molecule has 0 aliphatic carbocycles. The van der Waals surface area contributed by atoms with E-state index in [0.717, 1.165) is 6.08 Å². The average Bonchev–Trinajstić information content (AvgIpc) is 2.63. The van der Waals surface area contributed by atoms with Gasteiger partial charge in [0.1, 0.15) is 5.75 Å². The van der Waals surface area contributed by atoms with Crippen LogP contribution in [0.15, 0.2) is 72.4 Å². The first-order valence-electron chi connectivity index (χ1n) is 7.65. The Bertz CT molecular complexity index is 843. The van der Waals surface area contributed by atoms with Gasteiger partial charge in [-0.25, -0.2) is 4.79 Å². The molecule has 7 nitrogen and oxygen atoms in total. The molecule has 2 rings (SSSR count). The lowest BCUT2D eigenvalue weighted by Crippen LogP contribution is -2.29. The smallest absolute Gasteiger partial charge is 0.335 e. The largest absolute Gasteiger partial charge is 0.423 e. The SMILES string of the molecule is C=CC(=O)Oc1ccc(N/N=C(/C(C)=O)C(=O)Nc2ccccc2)cc1. The second-order valence-electron chi connectivity index (χ2n) is 5.10. The lowest BCUT2D eigenvalue weighted by atomic mass is 10.2. The first-order chi connectivity index (χ1) is 12.5. The first-order valence-corrected chi connectivity index (χ1v) is 7.65. The number of benzene rings is 2. The number of Topliss-reactive ketones (excluding diaryl/α,β-unsaturated/α-hetero) is 1. The third-order valence-corrected chi connectivity index (χ3v) is 3.12. The zero-order valence-corrected chi connectivity index (χ0v) is 14.1. The van der Waals surface area contributed by atoms with Crippen molar-refractivity contribution in [1.82, 2.24) is 0 Å². The van der Waals surface area contributed by atoms with E-state index in [-0.39, 0.29) is 5.71 Å². The minimum atomic E-state index is -0.618. The maximum atomic E-state index is 12.2. The highest BCUT2D eigenvalue weighted by molar-refractivity contribution is 6.67. The molecule has 0 saturated carbocycles. The zero-order chi connectivity index (χ0) is 18.9. The Labute approximate surface area is 150 Å². The van der Waals surface area contributed by atoms with Crippen LogP contribution in [0.4, 0.5) is 11.4 Å². The monoisotopic (exact) mass is 351 g/mol. The topological polar surface area (TPSA) is 96.9 Å². The maximum absolute atomic E-state index is 12.2. The number of ketones is 1. The van der Waals surface area contributed by atoms with Gasteiger partial charge < -0.3 is 10.1 Å². The molecule has 0 spiro atoms. The molecule has 0 fully saturated rings. The summed E-state index contributed by atoms with van der Waals surface area (Å²) in [6.45, 7) is 4.56. The molecule has 7 heteroatoms. The minimum Gasteiger partial charge on any atom is -0.423 e. The molecule has 0 bridgehead atoms. The quantitative estimate of drug-likeness (QED) is 0.200. The van der Waals surface area contributed by atoms with Crippen LogP contribution in [0.2, 0.25) is 0 Å². The minimum absolute atomic E-state index is 0.268. The fraction of sp³-hybridized carbons (Fsp3) is 0.0526. The van der Waals surface area contributed by atoms with Gasteiger partial charge in [-0.05, 0) is 36.4 Å². The first kappa shape index (κ1) is 18.6. The Balaban J connectivity index is 2.06. The number of ether oxygens (including phenoxy) is 1. The molecule has 0 radical (unpaired) electrons. The van der Waals surface area contributed by atoms with Crippen molar-refractivity contribution in [2.75, 3.05) is 10.7 Å². The molecular weight excluding hydrogens is 334 g/mol. The van der Waals surface area contributed by atoms with Gasteiger partial charge in [0.2, 0.25) is 0 Å². The number of hydrogen-bond donors (Lipinski definition) is 2. The van der Waals surface area contributed by atoms with Crippen LogP contribution in [0.3, 0.4) is 0 Å². The van der Waals surface area contributed by atoms with Crippen molar-refractivity contribution in [3.63, 3.8) is 0 Å². The number of carbonyl (C=O) groups excluding carboxylic acids is 3. The van der Waals surface area contributed by atoms with Crippen LogP contribution in [0.5, 0.6) is 5.75 Å². The van der Waals surface area contributed by atoms with Crippen molar-refractivity contribution in [2.24, 2.45) is 5.10 Å². The third kappa shape index (κ3) is 5.41. The molecule has 2 N–H and O–H groups in total. The number of amides is 1. The fourth-order valence-corrected chi connectivity index (χ4v) is 1.88. The summed E-state index contributed by atoms with van der Waals surface area (Å²) >= 11 is 0. The number of rotatable bonds is 7. The van der Waals surface area contributed by atoms with Gasteiger partial charge >= 0.3 is 5.97 Å². The van der Waals surface area contributed by atoms with E-state index in [1.165, 1.54) is 19.1 Å². The summed E-state index contributed by atoms with van der Waals surface area (Å²) in [5.41, 5.74) is 3.43. The van der Waals surface area contributed by atoms with E-state index in [4.69, 9.17) is 4.74 Å². The molecule has 0 heterocycles. The predicted molar refractivity (Wildman–Crippen MR) is 99.1 cm³/mol. The van der Waals surface area contributed by atoms with E-state index in [9.17, 15) is 14.4 Å². The van der Waals surface area contributed by atoms with Crippen molar-refractivity contribution in [1.29, 1.82) is 0 Å². The third-order valence-electron chi connectivity index (χ3n) is 3.12. The molecule has 0 aliphatic rings. The molecule has 132 valence electrons. The Morgan fingerprint density at radius 1 is 1.00 bits per heavy atom. The highest BCUT2D eigenvalue weighted by Gasteiger charge is 2.17. The van der Waals surface area contributed by atoms with Gasteiger partial charge in [-0.15, -0.1) is 0 Å². The second kappa shape index (κ2) is 8.93. The number of nitrogens with one attached hydrogen (secondary N) is 2. The molecule has 2 aromatic carbocycles. The zero-order valence-electron chi connectivity index (χ0n) is 14.1. The average molecular weight is 351 g/mol. The van der Waals surface area contributed by atoms with E-state index < -0.39 is 17.7 Å². The molecule has 0 unspecified atom stereocenters. The van der Waals surface area contributed by atoms with Crippen molar-refractivity contribution in [3.8, 4) is 5.75 Å². The number of esters is 1. The number of carbonyl (C=O) groups is 3. The van der Waals surface area contributed by atoms with Crippen LogP contribution >= 0.6 is 0 Å². The number of anilines is 2. The summed E-state index contributed by atoms with van der Waals surface area (Å²) in [6, 6.07) is 15.0. The second-order valence-corrected chi connectivity index (χ2v) is 5.10. The van der Waals surface area contributed by atoms with Crippen LogP contribution in [0.25, 0.3) is 0 Å². The van der Waals surface area contributed by atoms with Gasteiger partial charge in [0.25, 0.3) is 5.91 Å². The van der Waals surface area contributed by atoms with Crippen LogP contribution in [-0.2, 0) is 14.4 Å². The standard InChI is InChI=1S/C19H17N3O4/c1-3-17(24)26-16-11-9-15(10-12-16)21-22-18(13(2)23)19(25)20-14-7-5-4-6-8-14/h3-12,21H,1H2,2H3,(H,20,25)/b22-18-. The van der Waals surface area contributed by atoms with Gasteiger partial charge in [-0.3, -0.25) is 15.0 Å². The summed E-state index contributed by atoms with van der Waals surface area (Å²) < 4.78 is 4.95. The predicted octanol–water partition coefficient (Wildman–Crippen LogP) is 2.77. The van der Waals surface area contributed by atoms with E-state index in [1.54, 1.807) is 36.4 Å². The summed E-state index contributed by atoms with van der Waals surface area (Å²) in [5, 5.41) is 6.48. The van der Waals surface area contributed by atoms with Gasteiger partial charge in [-0.1, -0.05) is 24.8 Å². The Kier molecular flexibility index (Phi) is 6.39. The number of nitrogens with zero attached hydrogens (tertiary/aromatic N) is 1. The summed E-state index contributed by atoms with van der Waals surface area (Å²) in [4.78, 5) is 35.0. The number of para-hydroxylation sites is 1. The van der Waals surface area contributed by atoms with Crippen LogP contribution in [0, 0.1) is 0 Å². The van der Waals surface area contributed by atoms with Crippen LogP contribution in [0.1, 0.15) is 6.92 Å². The van der Waals surface area contributed by atoms with Crippen LogP contribution < -0.4 is 15.5 Å². The molecule has 1 amide bonds. The maximum Gasteiger partial charge on any atom is 0.335 e. The van der Waals surface area contributed by atoms with Crippen molar-refractivity contribution in [2.45, 2.75) is 6.92 Å². The van der Waals surface area contributed by atoms with Crippen molar-refractivity contribution >= 4 is 34.7 Å². The molecule has 0 atom stereocenters. The van der Waals surface area contributed by atoms with E-state index in [1.807, 2.05) is 6.07 Å².